The van der Waals surface area contributed by atoms with E-state index in [2.05, 4.69) is 11.5 Å². The van der Waals surface area contributed by atoms with Crippen LogP contribution in [-0.2, 0) is 9.59 Å². The maximum atomic E-state index is 10.3. The minimum atomic E-state index is -2.08. The summed E-state index contributed by atoms with van der Waals surface area (Å²) in [6.45, 7) is 0. The fourth-order valence-corrected chi connectivity index (χ4v) is 0.710. The van der Waals surface area contributed by atoms with Crippen molar-refractivity contribution < 1.29 is 30.0 Å². The predicted octanol–water partition coefficient (Wildman–Crippen LogP) is -4.60. The van der Waals surface area contributed by atoms with Crippen LogP contribution in [-0.4, -0.2) is 56.7 Å². The molecule has 0 aromatic rings. The van der Waals surface area contributed by atoms with Crippen LogP contribution in [0.15, 0.2) is 0 Å². The van der Waals surface area contributed by atoms with Gasteiger partial charge in [-0.2, -0.15) is 0 Å². The number of primary amides is 2. The SMILES string of the molecule is NC(=O)[C@@H](O)[C@H](O)[C@H](O)[C@@H](O)C(N)=O. The normalized spacial score (nSPS) is 19.4. The zero-order valence-corrected chi connectivity index (χ0v) is 7.07. The standard InChI is InChI=1S/C6H12N2O6/c7-5(13)3(11)1(9)2(10)4(12)6(8)14/h1-4,9-12H,(H2,7,13)(H2,8,14)/t1-,2+,3+,4-. The Balaban J connectivity index is 4.45. The van der Waals surface area contributed by atoms with Gasteiger partial charge in [0.25, 0.3) is 0 Å². The minimum absolute atomic E-state index is 1.30. The summed E-state index contributed by atoms with van der Waals surface area (Å²) in [4.78, 5) is 20.7. The Morgan fingerprint density at radius 3 is 1.14 bits per heavy atom. The van der Waals surface area contributed by atoms with E-state index in [-0.39, 0.29) is 0 Å². The van der Waals surface area contributed by atoms with Gasteiger partial charge in [0.1, 0.15) is 12.2 Å². The van der Waals surface area contributed by atoms with Crippen molar-refractivity contribution >= 4 is 11.8 Å². The second-order valence-electron chi connectivity index (χ2n) is 2.68. The molecule has 0 fully saturated rings. The van der Waals surface area contributed by atoms with Crippen molar-refractivity contribution in [2.75, 3.05) is 0 Å². The highest BCUT2D eigenvalue weighted by atomic mass is 16.4. The van der Waals surface area contributed by atoms with Gasteiger partial charge in [0.2, 0.25) is 11.8 Å². The van der Waals surface area contributed by atoms with Crippen molar-refractivity contribution in [2.45, 2.75) is 24.4 Å². The molecule has 0 saturated carbocycles. The summed E-state index contributed by atoms with van der Waals surface area (Å²) in [5, 5.41) is 35.7. The van der Waals surface area contributed by atoms with Crippen LogP contribution in [0.4, 0.5) is 0 Å². The van der Waals surface area contributed by atoms with Gasteiger partial charge in [0, 0.05) is 0 Å². The maximum absolute atomic E-state index is 10.3. The van der Waals surface area contributed by atoms with E-state index >= 15 is 0 Å². The molecule has 8 nitrogen and oxygen atoms in total. The molecule has 0 aliphatic carbocycles. The third-order valence-electron chi connectivity index (χ3n) is 1.58. The van der Waals surface area contributed by atoms with Gasteiger partial charge < -0.3 is 31.9 Å². The molecule has 0 aromatic heterocycles. The molecule has 2 amide bonds. The Morgan fingerprint density at radius 2 is 1.00 bits per heavy atom. The van der Waals surface area contributed by atoms with Crippen molar-refractivity contribution in [3.63, 3.8) is 0 Å². The van der Waals surface area contributed by atoms with Crippen molar-refractivity contribution in [3.05, 3.63) is 0 Å². The zero-order chi connectivity index (χ0) is 11.5. The number of hydrogen-bond acceptors (Lipinski definition) is 6. The summed E-state index contributed by atoms with van der Waals surface area (Å²) in [6, 6.07) is 0. The minimum Gasteiger partial charge on any atom is -0.387 e. The van der Waals surface area contributed by atoms with Crippen molar-refractivity contribution in [3.8, 4) is 0 Å². The molecule has 0 radical (unpaired) electrons. The van der Waals surface area contributed by atoms with E-state index in [4.69, 9.17) is 20.4 Å². The monoisotopic (exact) mass is 208 g/mol. The molecule has 82 valence electrons. The fourth-order valence-electron chi connectivity index (χ4n) is 0.710. The molecule has 0 bridgehead atoms. The largest absolute Gasteiger partial charge is 0.387 e. The van der Waals surface area contributed by atoms with E-state index in [1.165, 1.54) is 0 Å². The Bertz CT molecular complexity index is 208. The molecular weight excluding hydrogens is 196 g/mol. The lowest BCUT2D eigenvalue weighted by Gasteiger charge is -2.22. The van der Waals surface area contributed by atoms with Gasteiger partial charge in [-0.25, -0.2) is 0 Å². The summed E-state index contributed by atoms with van der Waals surface area (Å²) >= 11 is 0. The number of amides is 2. The molecular formula is C6H12N2O6. The molecule has 8 N–H and O–H groups in total. The van der Waals surface area contributed by atoms with E-state index in [9.17, 15) is 9.59 Å². The van der Waals surface area contributed by atoms with Crippen LogP contribution in [0.3, 0.4) is 0 Å². The molecule has 0 spiro atoms. The number of nitrogens with two attached hydrogens (primary N) is 2. The fraction of sp³-hybridized carbons (Fsp3) is 0.667. The lowest BCUT2D eigenvalue weighted by molar-refractivity contribution is -0.152. The Kier molecular flexibility index (Phi) is 4.44. The maximum Gasteiger partial charge on any atom is 0.249 e. The molecule has 8 heteroatoms. The summed E-state index contributed by atoms with van der Waals surface area (Å²) in [7, 11) is 0. The second-order valence-corrected chi connectivity index (χ2v) is 2.68. The summed E-state index contributed by atoms with van der Waals surface area (Å²) in [6.07, 6.45) is -8.32. The van der Waals surface area contributed by atoms with Gasteiger partial charge in [-0.15, -0.1) is 0 Å². The van der Waals surface area contributed by atoms with Gasteiger partial charge in [0.15, 0.2) is 12.2 Å². The quantitative estimate of drug-likeness (QED) is 0.266. The number of carbonyl (C=O) groups excluding carboxylic acids is 2. The van der Waals surface area contributed by atoms with Gasteiger partial charge in [0.05, 0.1) is 0 Å². The molecule has 4 atom stereocenters. The molecule has 0 unspecified atom stereocenters. The lowest BCUT2D eigenvalue weighted by atomic mass is 10.0. The van der Waals surface area contributed by atoms with Gasteiger partial charge in [-0.1, -0.05) is 0 Å². The number of rotatable bonds is 5. The number of hydrogen-bond donors (Lipinski definition) is 6. The van der Waals surface area contributed by atoms with Crippen LogP contribution in [0.1, 0.15) is 0 Å². The highest BCUT2D eigenvalue weighted by Crippen LogP contribution is 2.04. The Labute approximate surface area is 78.7 Å². The second kappa shape index (κ2) is 4.86. The first-order chi connectivity index (χ1) is 6.29. The molecule has 0 rings (SSSR count). The van der Waals surface area contributed by atoms with Crippen LogP contribution in [0.25, 0.3) is 0 Å². The number of aliphatic hydroxyl groups excluding tert-OH is 4. The van der Waals surface area contributed by atoms with E-state index < -0.39 is 36.2 Å². The van der Waals surface area contributed by atoms with Crippen LogP contribution >= 0.6 is 0 Å². The third-order valence-corrected chi connectivity index (χ3v) is 1.58. The first kappa shape index (κ1) is 12.8. The predicted molar refractivity (Wildman–Crippen MR) is 42.4 cm³/mol. The molecule has 0 aliphatic rings. The average Bonchev–Trinajstić information content (AvgIpc) is 2.12. The third kappa shape index (κ3) is 2.92. The average molecular weight is 208 g/mol. The Morgan fingerprint density at radius 1 is 0.786 bits per heavy atom. The number of aliphatic hydroxyl groups is 4. The van der Waals surface area contributed by atoms with Crippen molar-refractivity contribution in [1.82, 2.24) is 0 Å². The van der Waals surface area contributed by atoms with Gasteiger partial charge in [-0.05, 0) is 0 Å². The van der Waals surface area contributed by atoms with Crippen molar-refractivity contribution in [2.24, 2.45) is 11.5 Å². The van der Waals surface area contributed by atoms with E-state index in [1.54, 1.807) is 0 Å². The first-order valence-corrected chi connectivity index (χ1v) is 3.60. The molecule has 0 heterocycles. The van der Waals surface area contributed by atoms with Crippen LogP contribution < -0.4 is 11.5 Å². The van der Waals surface area contributed by atoms with Crippen LogP contribution in [0, 0.1) is 0 Å². The van der Waals surface area contributed by atoms with Gasteiger partial charge in [-0.3, -0.25) is 9.59 Å². The lowest BCUT2D eigenvalue weighted by Crippen LogP contribution is -2.52. The highest BCUT2D eigenvalue weighted by molar-refractivity contribution is 5.81. The molecule has 0 aromatic carbocycles. The molecule has 14 heavy (non-hydrogen) atoms. The van der Waals surface area contributed by atoms with E-state index in [1.807, 2.05) is 0 Å². The van der Waals surface area contributed by atoms with Crippen molar-refractivity contribution in [1.29, 1.82) is 0 Å². The van der Waals surface area contributed by atoms with Crippen LogP contribution in [0.5, 0.6) is 0 Å². The highest BCUT2D eigenvalue weighted by Gasteiger charge is 2.35. The molecule has 0 saturated heterocycles. The van der Waals surface area contributed by atoms with Gasteiger partial charge >= 0.3 is 0 Å². The smallest absolute Gasteiger partial charge is 0.249 e. The summed E-state index contributed by atoms with van der Waals surface area (Å²) < 4.78 is 0. The summed E-state index contributed by atoms with van der Waals surface area (Å²) in [5.41, 5.74) is 9.19. The topological polar surface area (TPSA) is 167 Å². The van der Waals surface area contributed by atoms with Crippen LogP contribution in [0.2, 0.25) is 0 Å². The summed E-state index contributed by atoms with van der Waals surface area (Å²) in [5.74, 6) is -2.60. The van der Waals surface area contributed by atoms with E-state index in [0.717, 1.165) is 0 Å². The molecule has 0 aliphatic heterocycles. The van der Waals surface area contributed by atoms with E-state index in [0.29, 0.717) is 0 Å². The Hall–Kier alpha value is -1.22. The zero-order valence-electron chi connectivity index (χ0n) is 7.07. The number of carbonyl (C=O) groups is 2. The first-order valence-electron chi connectivity index (χ1n) is 3.60.